The topological polar surface area (TPSA) is 91.1 Å². The zero-order valence-corrected chi connectivity index (χ0v) is 13.3. The van der Waals surface area contributed by atoms with E-state index in [1.807, 2.05) is 6.07 Å². The van der Waals surface area contributed by atoms with E-state index in [0.717, 1.165) is 18.9 Å². The molecule has 2 aromatic rings. The van der Waals surface area contributed by atoms with E-state index in [-0.39, 0.29) is 5.91 Å². The van der Waals surface area contributed by atoms with E-state index in [1.165, 1.54) is 0 Å². The molecule has 0 aliphatic carbocycles. The number of morpholine rings is 1. The van der Waals surface area contributed by atoms with Gasteiger partial charge < -0.3 is 15.0 Å². The fourth-order valence-corrected chi connectivity index (χ4v) is 2.45. The van der Waals surface area contributed by atoms with E-state index in [1.54, 1.807) is 37.3 Å². The van der Waals surface area contributed by atoms with Crippen molar-refractivity contribution in [2.24, 2.45) is 0 Å². The molecule has 1 fully saturated rings. The van der Waals surface area contributed by atoms with Gasteiger partial charge in [0.25, 0.3) is 5.91 Å². The Labute approximate surface area is 139 Å². The maximum Gasteiger partial charge on any atom is 0.274 e. The van der Waals surface area contributed by atoms with Gasteiger partial charge in [0.05, 0.1) is 24.8 Å². The lowest BCUT2D eigenvalue weighted by atomic mass is 10.2. The third-order valence-corrected chi connectivity index (χ3v) is 3.66. The molecular formula is C17H17N5O2. The summed E-state index contributed by atoms with van der Waals surface area (Å²) in [6.07, 6.45) is 0. The molecule has 0 unspecified atom stereocenters. The van der Waals surface area contributed by atoms with Crippen molar-refractivity contribution in [3.63, 3.8) is 0 Å². The van der Waals surface area contributed by atoms with Crippen LogP contribution in [0.5, 0.6) is 0 Å². The summed E-state index contributed by atoms with van der Waals surface area (Å²) < 4.78 is 5.34. The van der Waals surface area contributed by atoms with Gasteiger partial charge in [-0.05, 0) is 31.2 Å². The van der Waals surface area contributed by atoms with Crippen molar-refractivity contribution in [2.75, 3.05) is 36.5 Å². The Morgan fingerprint density at radius 2 is 1.96 bits per heavy atom. The van der Waals surface area contributed by atoms with E-state index in [0.29, 0.717) is 36.0 Å². The van der Waals surface area contributed by atoms with E-state index < -0.39 is 0 Å². The van der Waals surface area contributed by atoms with Crippen molar-refractivity contribution in [1.82, 2.24) is 9.97 Å². The van der Waals surface area contributed by atoms with Crippen molar-refractivity contribution in [3.05, 3.63) is 47.4 Å². The van der Waals surface area contributed by atoms with Crippen LogP contribution >= 0.6 is 0 Å². The van der Waals surface area contributed by atoms with Gasteiger partial charge in [-0.15, -0.1) is 0 Å². The molecule has 3 rings (SSSR count). The minimum Gasteiger partial charge on any atom is -0.378 e. The van der Waals surface area contributed by atoms with Crippen LogP contribution in [0, 0.1) is 18.3 Å². The Bertz CT molecular complexity index is 777. The number of carbonyl (C=O) groups excluding carboxylic acids is 1. The van der Waals surface area contributed by atoms with E-state index in [4.69, 9.17) is 10.00 Å². The molecule has 24 heavy (non-hydrogen) atoms. The number of carbonyl (C=O) groups is 1. The van der Waals surface area contributed by atoms with Crippen LogP contribution in [0.3, 0.4) is 0 Å². The lowest BCUT2D eigenvalue weighted by molar-refractivity contribution is 0.102. The largest absolute Gasteiger partial charge is 0.378 e. The number of nitrogens with one attached hydrogen (secondary N) is 1. The first-order chi connectivity index (χ1) is 11.7. The third kappa shape index (κ3) is 3.67. The molecule has 1 aliphatic rings. The van der Waals surface area contributed by atoms with Crippen molar-refractivity contribution in [3.8, 4) is 6.07 Å². The SMILES string of the molecule is Cc1nc(C(=O)Nc2ccc(C#N)cc2)cc(N2CCOCC2)n1. The van der Waals surface area contributed by atoms with Crippen molar-refractivity contribution in [1.29, 1.82) is 5.26 Å². The van der Waals surface area contributed by atoms with Gasteiger partial charge in [0, 0.05) is 24.8 Å². The van der Waals surface area contributed by atoms with Gasteiger partial charge in [0.2, 0.25) is 0 Å². The Morgan fingerprint density at radius 3 is 2.62 bits per heavy atom. The first-order valence-corrected chi connectivity index (χ1v) is 7.65. The molecule has 1 aliphatic heterocycles. The summed E-state index contributed by atoms with van der Waals surface area (Å²) in [5.41, 5.74) is 1.47. The summed E-state index contributed by atoms with van der Waals surface area (Å²) in [7, 11) is 0. The second-order valence-corrected chi connectivity index (χ2v) is 5.40. The Balaban J connectivity index is 1.78. The number of hydrogen-bond donors (Lipinski definition) is 1. The number of aromatic nitrogens is 2. The molecule has 122 valence electrons. The molecule has 2 heterocycles. The van der Waals surface area contributed by atoms with E-state index >= 15 is 0 Å². The summed E-state index contributed by atoms with van der Waals surface area (Å²) in [6.45, 7) is 4.55. The number of benzene rings is 1. The second-order valence-electron chi connectivity index (χ2n) is 5.40. The predicted octanol–water partition coefficient (Wildman–Crippen LogP) is 1.75. The molecule has 1 aromatic heterocycles. The maximum absolute atomic E-state index is 12.4. The second kappa shape index (κ2) is 7.06. The van der Waals surface area contributed by atoms with Crippen molar-refractivity contribution in [2.45, 2.75) is 6.92 Å². The average Bonchev–Trinajstić information content (AvgIpc) is 2.62. The molecule has 0 radical (unpaired) electrons. The van der Waals surface area contributed by atoms with Crippen LogP contribution in [0.25, 0.3) is 0 Å². The minimum atomic E-state index is -0.306. The number of hydrogen-bond acceptors (Lipinski definition) is 6. The monoisotopic (exact) mass is 323 g/mol. The molecule has 1 amide bonds. The predicted molar refractivity (Wildman–Crippen MR) is 88.9 cm³/mol. The number of amides is 1. The molecule has 0 saturated carbocycles. The van der Waals surface area contributed by atoms with Gasteiger partial charge in [-0.1, -0.05) is 0 Å². The Hall–Kier alpha value is -2.98. The van der Waals surface area contributed by atoms with Gasteiger partial charge in [-0.2, -0.15) is 5.26 Å². The normalized spacial score (nSPS) is 14.1. The quantitative estimate of drug-likeness (QED) is 0.925. The number of rotatable bonds is 3. The smallest absolute Gasteiger partial charge is 0.274 e. The highest BCUT2D eigenvalue weighted by Crippen LogP contribution is 2.16. The maximum atomic E-state index is 12.4. The number of anilines is 2. The Kier molecular flexibility index (Phi) is 4.68. The minimum absolute atomic E-state index is 0.306. The molecule has 1 saturated heterocycles. The lowest BCUT2D eigenvalue weighted by Crippen LogP contribution is -2.37. The van der Waals surface area contributed by atoms with Crippen molar-refractivity contribution < 1.29 is 9.53 Å². The van der Waals surface area contributed by atoms with E-state index in [2.05, 4.69) is 20.2 Å². The van der Waals surface area contributed by atoms with Crippen LogP contribution < -0.4 is 10.2 Å². The number of ether oxygens (including phenoxy) is 1. The summed E-state index contributed by atoms with van der Waals surface area (Å²) in [5, 5.41) is 11.6. The van der Waals surface area contributed by atoms with Crippen LogP contribution in [0.15, 0.2) is 30.3 Å². The van der Waals surface area contributed by atoms with Crippen LogP contribution in [-0.2, 0) is 4.74 Å². The van der Waals surface area contributed by atoms with Gasteiger partial charge in [0.1, 0.15) is 17.3 Å². The fourth-order valence-electron chi connectivity index (χ4n) is 2.45. The lowest BCUT2D eigenvalue weighted by Gasteiger charge is -2.28. The summed E-state index contributed by atoms with van der Waals surface area (Å²) >= 11 is 0. The summed E-state index contributed by atoms with van der Waals surface area (Å²) in [5.74, 6) is 0.972. The van der Waals surface area contributed by atoms with Crippen molar-refractivity contribution >= 4 is 17.4 Å². The standard InChI is InChI=1S/C17H17N5O2/c1-12-19-15(10-16(20-12)22-6-8-24-9-7-22)17(23)21-14-4-2-13(11-18)3-5-14/h2-5,10H,6-9H2,1H3,(H,21,23). The van der Waals surface area contributed by atoms with Gasteiger partial charge in [-0.25, -0.2) is 9.97 Å². The molecule has 7 nitrogen and oxygen atoms in total. The van der Waals surface area contributed by atoms with Crippen LogP contribution in [0.1, 0.15) is 21.9 Å². The number of aryl methyl sites for hydroxylation is 1. The molecule has 1 aromatic carbocycles. The third-order valence-electron chi connectivity index (χ3n) is 3.66. The summed E-state index contributed by atoms with van der Waals surface area (Å²) in [6, 6.07) is 10.4. The highest BCUT2D eigenvalue weighted by atomic mass is 16.5. The number of nitrogens with zero attached hydrogens (tertiary/aromatic N) is 4. The van der Waals surface area contributed by atoms with Crippen LogP contribution in [0.4, 0.5) is 11.5 Å². The molecule has 0 bridgehead atoms. The van der Waals surface area contributed by atoms with Gasteiger partial charge >= 0.3 is 0 Å². The van der Waals surface area contributed by atoms with Gasteiger partial charge in [0.15, 0.2) is 0 Å². The van der Waals surface area contributed by atoms with Crippen LogP contribution in [-0.4, -0.2) is 42.2 Å². The Morgan fingerprint density at radius 1 is 1.25 bits per heavy atom. The van der Waals surface area contributed by atoms with Crippen LogP contribution in [0.2, 0.25) is 0 Å². The molecule has 1 N–H and O–H groups in total. The first kappa shape index (κ1) is 15.9. The first-order valence-electron chi connectivity index (χ1n) is 7.65. The molecule has 0 atom stereocenters. The molecule has 7 heteroatoms. The highest BCUT2D eigenvalue weighted by Gasteiger charge is 2.17. The highest BCUT2D eigenvalue weighted by molar-refractivity contribution is 6.03. The molecular weight excluding hydrogens is 306 g/mol. The zero-order valence-electron chi connectivity index (χ0n) is 13.3. The fraction of sp³-hybridized carbons (Fsp3) is 0.294. The zero-order chi connectivity index (χ0) is 16.9. The molecule has 0 spiro atoms. The average molecular weight is 323 g/mol. The van der Waals surface area contributed by atoms with Gasteiger partial charge in [-0.3, -0.25) is 4.79 Å². The van der Waals surface area contributed by atoms with E-state index in [9.17, 15) is 4.79 Å². The number of nitriles is 1. The summed E-state index contributed by atoms with van der Waals surface area (Å²) in [4.78, 5) is 23.2.